The first-order chi connectivity index (χ1) is 15.5. The molecule has 1 aliphatic heterocycles. The Morgan fingerprint density at radius 3 is 2.59 bits per heavy atom. The van der Waals surface area contributed by atoms with Crippen molar-refractivity contribution in [1.29, 1.82) is 0 Å². The number of nitrogens with one attached hydrogen (secondary N) is 1. The molecule has 0 aliphatic carbocycles. The van der Waals surface area contributed by atoms with Crippen molar-refractivity contribution in [1.82, 2.24) is 10.3 Å². The Kier molecular flexibility index (Phi) is 5.33. The average Bonchev–Trinajstić information content (AvgIpc) is 3.41. The Hall–Kier alpha value is -3.35. The van der Waals surface area contributed by atoms with E-state index in [0.717, 1.165) is 34.0 Å². The third-order valence-corrected chi connectivity index (χ3v) is 6.40. The molecule has 0 radical (unpaired) electrons. The molecular weight excluding hydrogens is 442 g/mol. The zero-order valence-electron chi connectivity index (χ0n) is 17.2. The monoisotopic (exact) mass is 461 g/mol. The van der Waals surface area contributed by atoms with Gasteiger partial charge < -0.3 is 19.7 Å². The highest BCUT2D eigenvalue weighted by Gasteiger charge is 2.42. The van der Waals surface area contributed by atoms with Crippen LogP contribution < -0.4 is 10.2 Å². The summed E-state index contributed by atoms with van der Waals surface area (Å²) in [6, 6.07) is 22.0. The second kappa shape index (κ2) is 8.30. The van der Waals surface area contributed by atoms with Crippen molar-refractivity contribution in [2.75, 3.05) is 4.90 Å². The molecule has 0 spiro atoms. The van der Waals surface area contributed by atoms with Crippen LogP contribution in [0.1, 0.15) is 29.1 Å². The Balaban J connectivity index is 1.61. The van der Waals surface area contributed by atoms with Gasteiger partial charge in [0.25, 0.3) is 0 Å². The summed E-state index contributed by atoms with van der Waals surface area (Å²) in [5.41, 5.74) is 3.62. The third-order valence-electron chi connectivity index (χ3n) is 5.68. The predicted molar refractivity (Wildman–Crippen MR) is 130 cm³/mol. The number of hydrogen-bond acceptors (Lipinski definition) is 4. The third kappa shape index (κ3) is 3.61. The van der Waals surface area contributed by atoms with E-state index in [-0.39, 0.29) is 17.8 Å². The molecule has 5 nitrogen and oxygen atoms in total. The highest BCUT2D eigenvalue weighted by atomic mass is 35.5. The fourth-order valence-corrected chi connectivity index (χ4v) is 4.59. The lowest BCUT2D eigenvalue weighted by molar-refractivity contribution is 0.439. The fourth-order valence-electron chi connectivity index (χ4n) is 4.07. The van der Waals surface area contributed by atoms with E-state index >= 15 is 0 Å². The Morgan fingerprint density at radius 2 is 1.84 bits per heavy atom. The molecule has 7 heteroatoms. The molecule has 2 aromatic heterocycles. The van der Waals surface area contributed by atoms with Gasteiger partial charge in [0, 0.05) is 22.5 Å². The van der Waals surface area contributed by atoms with Gasteiger partial charge in [-0.1, -0.05) is 29.8 Å². The van der Waals surface area contributed by atoms with E-state index in [1.165, 1.54) is 0 Å². The second-order valence-electron chi connectivity index (χ2n) is 7.63. The largest absolute Gasteiger partial charge is 0.508 e. The number of furan rings is 1. The molecule has 1 saturated heterocycles. The van der Waals surface area contributed by atoms with Crippen LogP contribution in [0.2, 0.25) is 5.02 Å². The van der Waals surface area contributed by atoms with Crippen molar-refractivity contribution in [2.45, 2.75) is 19.0 Å². The minimum absolute atomic E-state index is 0.196. The minimum atomic E-state index is -0.268. The Morgan fingerprint density at radius 1 is 1.03 bits per heavy atom. The first kappa shape index (κ1) is 20.5. The highest BCUT2D eigenvalue weighted by molar-refractivity contribution is 7.80. The predicted octanol–water partition coefficient (Wildman–Crippen LogP) is 6.19. The first-order valence-corrected chi connectivity index (χ1v) is 11.0. The first-order valence-electron chi connectivity index (χ1n) is 10.2. The van der Waals surface area contributed by atoms with Gasteiger partial charge in [0.15, 0.2) is 5.11 Å². The number of nitrogens with zero attached hydrogens (tertiary/aromatic N) is 2. The van der Waals surface area contributed by atoms with Gasteiger partial charge in [-0.25, -0.2) is 0 Å². The van der Waals surface area contributed by atoms with Crippen molar-refractivity contribution in [3.05, 3.63) is 101 Å². The van der Waals surface area contributed by atoms with Crippen molar-refractivity contribution >= 4 is 34.6 Å². The van der Waals surface area contributed by atoms with Crippen LogP contribution in [0.25, 0.3) is 11.3 Å². The molecular formula is C25H20ClN3O2S. The van der Waals surface area contributed by atoms with Crippen molar-refractivity contribution in [2.24, 2.45) is 0 Å². The molecule has 0 bridgehead atoms. The lowest BCUT2D eigenvalue weighted by Gasteiger charge is -2.26. The summed E-state index contributed by atoms with van der Waals surface area (Å²) in [6.45, 7) is 1.98. The number of aromatic hydroxyl groups is 1. The molecule has 2 aromatic carbocycles. The minimum Gasteiger partial charge on any atom is -0.508 e. The molecule has 1 fully saturated rings. The summed E-state index contributed by atoms with van der Waals surface area (Å²) in [6.07, 6.45) is 1.77. The van der Waals surface area contributed by atoms with Gasteiger partial charge in [-0.2, -0.15) is 0 Å². The number of benzene rings is 2. The van der Waals surface area contributed by atoms with Gasteiger partial charge in [-0.15, -0.1) is 0 Å². The van der Waals surface area contributed by atoms with Crippen LogP contribution in [0.5, 0.6) is 5.75 Å². The molecule has 2 atom stereocenters. The van der Waals surface area contributed by atoms with E-state index in [1.54, 1.807) is 18.3 Å². The van der Waals surface area contributed by atoms with Crippen molar-refractivity contribution in [3.63, 3.8) is 0 Å². The van der Waals surface area contributed by atoms with Crippen molar-refractivity contribution < 1.29 is 9.52 Å². The van der Waals surface area contributed by atoms with E-state index in [2.05, 4.69) is 10.3 Å². The average molecular weight is 462 g/mol. The summed E-state index contributed by atoms with van der Waals surface area (Å²) < 4.78 is 6.39. The van der Waals surface area contributed by atoms with Gasteiger partial charge in [-0.05, 0) is 79.3 Å². The molecule has 160 valence electrons. The van der Waals surface area contributed by atoms with Gasteiger partial charge in [-0.3, -0.25) is 4.98 Å². The van der Waals surface area contributed by atoms with E-state index in [1.807, 2.05) is 72.5 Å². The Bertz CT molecular complexity index is 1270. The van der Waals surface area contributed by atoms with Crippen LogP contribution in [0.15, 0.2) is 83.4 Å². The molecule has 0 unspecified atom stereocenters. The quantitative estimate of drug-likeness (QED) is 0.353. The smallest absolute Gasteiger partial charge is 0.174 e. The number of phenols is 1. The highest BCUT2D eigenvalue weighted by Crippen LogP contribution is 2.43. The zero-order valence-corrected chi connectivity index (χ0v) is 18.8. The molecule has 0 saturated carbocycles. The summed E-state index contributed by atoms with van der Waals surface area (Å²) >= 11 is 12.0. The van der Waals surface area contributed by atoms with E-state index in [9.17, 15) is 5.11 Å². The second-order valence-corrected chi connectivity index (χ2v) is 8.42. The molecule has 3 heterocycles. The molecule has 5 rings (SSSR count). The van der Waals surface area contributed by atoms with Crippen LogP contribution >= 0.6 is 23.8 Å². The van der Waals surface area contributed by atoms with E-state index in [0.29, 0.717) is 10.1 Å². The number of rotatable bonds is 4. The summed E-state index contributed by atoms with van der Waals surface area (Å²) in [4.78, 5) is 6.56. The van der Waals surface area contributed by atoms with Crippen molar-refractivity contribution in [3.8, 4) is 17.1 Å². The lowest BCUT2D eigenvalue weighted by Crippen LogP contribution is -2.29. The van der Waals surface area contributed by atoms with E-state index in [4.69, 9.17) is 28.2 Å². The maximum absolute atomic E-state index is 9.75. The van der Waals surface area contributed by atoms with Gasteiger partial charge in [0.1, 0.15) is 23.3 Å². The number of hydrogen-bond donors (Lipinski definition) is 2. The van der Waals surface area contributed by atoms with Crippen LogP contribution in [-0.4, -0.2) is 15.2 Å². The normalized spacial score (nSPS) is 18.1. The van der Waals surface area contributed by atoms with Crippen LogP contribution in [0.3, 0.4) is 0 Å². The summed E-state index contributed by atoms with van der Waals surface area (Å²) in [7, 11) is 0. The van der Waals surface area contributed by atoms with Gasteiger partial charge >= 0.3 is 0 Å². The van der Waals surface area contributed by atoms with Crippen LogP contribution in [-0.2, 0) is 0 Å². The summed E-state index contributed by atoms with van der Waals surface area (Å²) in [5, 5.41) is 14.4. The van der Waals surface area contributed by atoms with Gasteiger partial charge in [0.2, 0.25) is 0 Å². The molecule has 4 aromatic rings. The van der Waals surface area contributed by atoms with Crippen LogP contribution in [0, 0.1) is 6.92 Å². The Labute approximate surface area is 196 Å². The molecule has 32 heavy (non-hydrogen) atoms. The number of pyridine rings is 1. The molecule has 0 amide bonds. The number of phenolic OH excluding ortho intramolecular Hbond substituents is 1. The molecule has 1 aliphatic rings. The van der Waals surface area contributed by atoms with Crippen LogP contribution in [0.4, 0.5) is 5.69 Å². The fraction of sp³-hybridized carbons (Fsp3) is 0.120. The maximum atomic E-state index is 9.75. The maximum Gasteiger partial charge on any atom is 0.174 e. The molecule has 2 N–H and O–H groups in total. The lowest BCUT2D eigenvalue weighted by atomic mass is 10.0. The number of thiocarbonyl (C=S) groups is 1. The SMILES string of the molecule is Cc1c(Cl)cccc1-c1ccc([C@H]2[C@H](c3ccccn3)NC(=S)N2c2ccc(O)cc2)o1. The number of halogens is 1. The number of aromatic nitrogens is 1. The zero-order chi connectivity index (χ0) is 22.2. The topological polar surface area (TPSA) is 61.5 Å². The van der Waals surface area contributed by atoms with Gasteiger partial charge in [0.05, 0.1) is 11.7 Å². The van der Waals surface area contributed by atoms with E-state index < -0.39 is 0 Å². The number of anilines is 1. The summed E-state index contributed by atoms with van der Waals surface area (Å²) in [5.74, 6) is 1.68. The standard InChI is InChI=1S/C25H20ClN3O2S/c1-15-18(5-4-6-19(15)26)21-12-13-22(31-21)24-23(20-7-2-3-14-27-20)28-25(32)29(24)16-8-10-17(30)11-9-16/h2-14,23-24,30H,1H3,(H,28,32)/t23-,24-/m0/s1.